The Kier molecular flexibility index (Phi) is 3.99. The van der Waals surface area contributed by atoms with Crippen LogP contribution in [-0.4, -0.2) is 4.21 Å². The topological polar surface area (TPSA) is 43.1 Å². The van der Waals surface area contributed by atoms with Crippen LogP contribution in [0.15, 0.2) is 47.4 Å². The van der Waals surface area contributed by atoms with E-state index in [-0.39, 0.29) is 5.82 Å². The third-order valence-corrected chi connectivity index (χ3v) is 4.15. The molecule has 0 fully saturated rings. The third kappa shape index (κ3) is 3.09. The average Bonchev–Trinajstić information content (AvgIpc) is 2.35. The van der Waals surface area contributed by atoms with E-state index in [1.54, 1.807) is 30.3 Å². The van der Waals surface area contributed by atoms with E-state index in [1.807, 2.05) is 0 Å². The van der Waals surface area contributed by atoms with E-state index in [2.05, 4.69) is 0 Å². The maximum Gasteiger partial charge on any atom is 0.123 e. The van der Waals surface area contributed by atoms with E-state index in [0.717, 1.165) is 5.56 Å². The van der Waals surface area contributed by atoms with Crippen molar-refractivity contribution in [3.63, 3.8) is 0 Å². The van der Waals surface area contributed by atoms with E-state index >= 15 is 0 Å². The van der Waals surface area contributed by atoms with Gasteiger partial charge in [-0.25, -0.2) is 4.39 Å². The van der Waals surface area contributed by atoms with Crippen LogP contribution in [0.1, 0.15) is 5.56 Å². The van der Waals surface area contributed by atoms with Gasteiger partial charge in [0.05, 0.1) is 27.3 Å². The standard InChI is InChI=1S/C13H11ClFNOS/c14-12-7-11(5-6-13(12)16)18(17)8-9-1-3-10(15)4-2-9/h1-7H,8,16H2. The van der Waals surface area contributed by atoms with Gasteiger partial charge in [-0.05, 0) is 35.9 Å². The molecule has 2 aromatic carbocycles. The van der Waals surface area contributed by atoms with E-state index in [4.69, 9.17) is 17.3 Å². The molecular weight excluding hydrogens is 273 g/mol. The van der Waals surface area contributed by atoms with Crippen molar-refractivity contribution < 1.29 is 8.60 Å². The molecule has 0 aliphatic carbocycles. The fourth-order valence-corrected chi connectivity index (χ4v) is 2.84. The Labute approximate surface area is 112 Å². The molecule has 1 atom stereocenters. The van der Waals surface area contributed by atoms with E-state index in [1.165, 1.54) is 12.1 Å². The van der Waals surface area contributed by atoms with Crippen molar-refractivity contribution in [2.75, 3.05) is 5.73 Å². The minimum absolute atomic E-state index is 0.305. The molecular formula is C13H11ClFNOS. The highest BCUT2D eigenvalue weighted by atomic mass is 35.5. The Morgan fingerprint density at radius 2 is 1.83 bits per heavy atom. The molecule has 0 saturated carbocycles. The molecule has 18 heavy (non-hydrogen) atoms. The minimum Gasteiger partial charge on any atom is -0.398 e. The number of nitrogens with two attached hydrogens (primary N) is 1. The Bertz CT molecular complexity index is 586. The number of nitrogen functional groups attached to an aromatic ring is 1. The fraction of sp³-hybridized carbons (Fsp3) is 0.0769. The van der Waals surface area contributed by atoms with Crippen molar-refractivity contribution in [1.29, 1.82) is 0 Å². The van der Waals surface area contributed by atoms with Crippen LogP contribution in [0.25, 0.3) is 0 Å². The van der Waals surface area contributed by atoms with Crippen molar-refractivity contribution in [3.8, 4) is 0 Å². The van der Waals surface area contributed by atoms with E-state index in [0.29, 0.717) is 21.4 Å². The molecule has 0 spiro atoms. The van der Waals surface area contributed by atoms with Crippen molar-refractivity contribution in [3.05, 3.63) is 58.9 Å². The smallest absolute Gasteiger partial charge is 0.123 e. The third-order valence-electron chi connectivity index (χ3n) is 2.45. The molecule has 0 radical (unpaired) electrons. The normalized spacial score (nSPS) is 12.3. The van der Waals surface area contributed by atoms with Gasteiger partial charge in [0.2, 0.25) is 0 Å². The number of rotatable bonds is 3. The lowest BCUT2D eigenvalue weighted by Crippen LogP contribution is -1.97. The first-order chi connectivity index (χ1) is 8.56. The number of benzene rings is 2. The summed E-state index contributed by atoms with van der Waals surface area (Å²) in [6.45, 7) is 0. The molecule has 2 nitrogen and oxygen atoms in total. The van der Waals surface area contributed by atoms with Crippen molar-refractivity contribution >= 4 is 28.1 Å². The van der Waals surface area contributed by atoms with Gasteiger partial charge in [-0.1, -0.05) is 23.7 Å². The van der Waals surface area contributed by atoms with Gasteiger partial charge in [0.15, 0.2) is 0 Å². The van der Waals surface area contributed by atoms with Crippen molar-refractivity contribution in [2.45, 2.75) is 10.6 Å². The Hall–Kier alpha value is -1.39. The lowest BCUT2D eigenvalue weighted by Gasteiger charge is -2.04. The van der Waals surface area contributed by atoms with Gasteiger partial charge in [0.25, 0.3) is 0 Å². The molecule has 94 valence electrons. The van der Waals surface area contributed by atoms with Gasteiger partial charge < -0.3 is 5.73 Å². The summed E-state index contributed by atoms with van der Waals surface area (Å²) in [6.07, 6.45) is 0. The molecule has 0 saturated heterocycles. The quantitative estimate of drug-likeness (QED) is 0.878. The number of anilines is 1. The summed E-state index contributed by atoms with van der Waals surface area (Å²) in [6, 6.07) is 10.8. The highest BCUT2D eigenvalue weighted by Crippen LogP contribution is 2.22. The summed E-state index contributed by atoms with van der Waals surface area (Å²) in [7, 11) is -1.22. The first-order valence-electron chi connectivity index (χ1n) is 5.24. The molecule has 2 N–H and O–H groups in total. The predicted molar refractivity (Wildman–Crippen MR) is 72.4 cm³/mol. The molecule has 0 heterocycles. The maximum absolute atomic E-state index is 12.7. The first-order valence-corrected chi connectivity index (χ1v) is 6.94. The van der Waals surface area contributed by atoms with Gasteiger partial charge in [-0.3, -0.25) is 4.21 Å². The summed E-state index contributed by atoms with van der Waals surface area (Å²) in [5.74, 6) is 0.0145. The van der Waals surface area contributed by atoms with Gasteiger partial charge in [-0.15, -0.1) is 0 Å². The number of hydrogen-bond donors (Lipinski definition) is 1. The second-order valence-electron chi connectivity index (χ2n) is 3.80. The number of hydrogen-bond acceptors (Lipinski definition) is 2. The van der Waals surface area contributed by atoms with Crippen LogP contribution in [0, 0.1) is 5.82 Å². The number of halogens is 2. The second-order valence-corrected chi connectivity index (χ2v) is 5.66. The van der Waals surface area contributed by atoms with Crippen LogP contribution in [0.4, 0.5) is 10.1 Å². The highest BCUT2D eigenvalue weighted by Gasteiger charge is 2.07. The average molecular weight is 284 g/mol. The van der Waals surface area contributed by atoms with Crippen LogP contribution < -0.4 is 5.73 Å². The fourth-order valence-electron chi connectivity index (χ4n) is 1.46. The lowest BCUT2D eigenvalue weighted by molar-refractivity contribution is 0.627. The van der Waals surface area contributed by atoms with Crippen LogP contribution >= 0.6 is 11.6 Å². The maximum atomic E-state index is 12.7. The Morgan fingerprint density at radius 3 is 2.44 bits per heavy atom. The molecule has 0 aliphatic heterocycles. The first kappa shape index (κ1) is 13.1. The second kappa shape index (κ2) is 5.50. The lowest BCUT2D eigenvalue weighted by atomic mass is 10.2. The molecule has 0 bridgehead atoms. The van der Waals surface area contributed by atoms with Crippen molar-refractivity contribution in [1.82, 2.24) is 0 Å². The zero-order valence-electron chi connectivity index (χ0n) is 9.40. The molecule has 0 amide bonds. The highest BCUT2D eigenvalue weighted by molar-refractivity contribution is 7.84. The Morgan fingerprint density at radius 1 is 1.17 bits per heavy atom. The van der Waals surface area contributed by atoms with Gasteiger partial charge >= 0.3 is 0 Å². The van der Waals surface area contributed by atoms with Crippen LogP contribution in [0.5, 0.6) is 0 Å². The van der Waals surface area contributed by atoms with E-state index in [9.17, 15) is 8.60 Å². The minimum atomic E-state index is -1.22. The van der Waals surface area contributed by atoms with Crippen molar-refractivity contribution in [2.24, 2.45) is 0 Å². The largest absolute Gasteiger partial charge is 0.398 e. The van der Waals surface area contributed by atoms with Gasteiger partial charge in [-0.2, -0.15) is 0 Å². The molecule has 0 aliphatic rings. The van der Waals surface area contributed by atoms with Gasteiger partial charge in [0, 0.05) is 4.90 Å². The molecule has 5 heteroatoms. The summed E-state index contributed by atoms with van der Waals surface area (Å²) in [4.78, 5) is 0.610. The van der Waals surface area contributed by atoms with Crippen LogP contribution in [-0.2, 0) is 16.6 Å². The Balaban J connectivity index is 2.16. The zero-order chi connectivity index (χ0) is 13.1. The molecule has 2 rings (SSSR count). The summed E-state index contributed by atoms with van der Waals surface area (Å²) in [5.41, 5.74) is 6.85. The molecule has 1 unspecified atom stereocenters. The summed E-state index contributed by atoms with van der Waals surface area (Å²) in [5, 5.41) is 0.389. The zero-order valence-corrected chi connectivity index (χ0v) is 11.0. The SMILES string of the molecule is Nc1ccc(S(=O)Cc2ccc(F)cc2)cc1Cl. The van der Waals surface area contributed by atoms with Gasteiger partial charge in [0.1, 0.15) is 5.82 Å². The predicted octanol–water partition coefficient (Wildman–Crippen LogP) is 3.37. The summed E-state index contributed by atoms with van der Waals surface area (Å²) >= 11 is 5.87. The van der Waals surface area contributed by atoms with E-state index < -0.39 is 10.8 Å². The molecule has 2 aromatic rings. The summed E-state index contributed by atoms with van der Waals surface area (Å²) < 4.78 is 24.8. The van der Waals surface area contributed by atoms with Crippen LogP contribution in [0.2, 0.25) is 5.02 Å². The monoisotopic (exact) mass is 283 g/mol. The molecule has 0 aromatic heterocycles. The van der Waals surface area contributed by atoms with Crippen LogP contribution in [0.3, 0.4) is 0 Å².